The van der Waals surface area contributed by atoms with Gasteiger partial charge in [-0.1, -0.05) is 13.3 Å². The fourth-order valence-electron chi connectivity index (χ4n) is 3.05. The lowest BCUT2D eigenvalue weighted by atomic mass is 9.97. The predicted molar refractivity (Wildman–Crippen MR) is 77.8 cm³/mol. The van der Waals surface area contributed by atoms with E-state index in [9.17, 15) is 0 Å². The molecule has 0 radical (unpaired) electrons. The molecule has 2 saturated heterocycles. The molecule has 0 aromatic carbocycles. The molecule has 2 heterocycles. The van der Waals surface area contributed by atoms with E-state index in [1.165, 1.54) is 51.1 Å². The summed E-state index contributed by atoms with van der Waals surface area (Å²) in [5.41, 5.74) is 0.297. The average molecular weight is 256 g/mol. The van der Waals surface area contributed by atoms with E-state index in [1.54, 1.807) is 0 Å². The third kappa shape index (κ3) is 3.87. The van der Waals surface area contributed by atoms with Crippen LogP contribution in [0, 0.1) is 0 Å². The molecule has 0 bridgehead atoms. The summed E-state index contributed by atoms with van der Waals surface area (Å²) in [5.74, 6) is 1.39. The van der Waals surface area contributed by atoms with Gasteiger partial charge in [-0.15, -0.1) is 0 Å². The Hall–Kier alpha value is 0.270. The van der Waals surface area contributed by atoms with Crippen molar-refractivity contribution in [2.75, 3.05) is 25.4 Å². The summed E-state index contributed by atoms with van der Waals surface area (Å²) in [6.45, 7) is 10.7. The van der Waals surface area contributed by atoms with Crippen molar-refractivity contribution >= 4 is 11.8 Å². The number of nitrogens with one attached hydrogen (secondary N) is 1. The van der Waals surface area contributed by atoms with Crippen molar-refractivity contribution in [1.82, 2.24) is 10.2 Å². The number of hydrogen-bond acceptors (Lipinski definition) is 3. The third-order valence-electron chi connectivity index (χ3n) is 4.11. The molecule has 2 unspecified atom stereocenters. The molecule has 3 heteroatoms. The van der Waals surface area contributed by atoms with Gasteiger partial charge in [0.15, 0.2) is 0 Å². The van der Waals surface area contributed by atoms with Gasteiger partial charge in [-0.05, 0) is 38.9 Å². The summed E-state index contributed by atoms with van der Waals surface area (Å²) >= 11 is 2.21. The lowest BCUT2D eigenvalue weighted by molar-refractivity contribution is 0.0922. The standard InChI is InChI=1S/C14H28N2S/c1-4-12-9-15-14(2,3)11-16(12)10-13-7-5-6-8-17-13/h12-13,15H,4-11H2,1-3H3. The first kappa shape index (κ1) is 13.7. The smallest absolute Gasteiger partial charge is 0.0252 e. The second-order valence-electron chi connectivity index (χ2n) is 6.24. The minimum Gasteiger partial charge on any atom is -0.309 e. The lowest BCUT2D eigenvalue weighted by Gasteiger charge is -2.46. The number of nitrogens with zero attached hydrogens (tertiary/aromatic N) is 1. The SMILES string of the molecule is CCC1CNC(C)(C)CN1CC1CCCCS1. The van der Waals surface area contributed by atoms with E-state index in [2.05, 4.69) is 42.7 Å². The zero-order chi connectivity index (χ0) is 12.3. The Balaban J connectivity index is 1.90. The van der Waals surface area contributed by atoms with Gasteiger partial charge in [0.2, 0.25) is 0 Å². The van der Waals surface area contributed by atoms with E-state index in [0.717, 1.165) is 11.3 Å². The third-order valence-corrected chi connectivity index (χ3v) is 5.49. The van der Waals surface area contributed by atoms with E-state index in [1.807, 2.05) is 0 Å². The van der Waals surface area contributed by atoms with Gasteiger partial charge in [-0.25, -0.2) is 0 Å². The molecule has 0 aliphatic carbocycles. The van der Waals surface area contributed by atoms with Gasteiger partial charge in [0, 0.05) is 36.5 Å². The van der Waals surface area contributed by atoms with Crippen LogP contribution in [-0.4, -0.2) is 47.1 Å². The Morgan fingerprint density at radius 2 is 2.18 bits per heavy atom. The van der Waals surface area contributed by atoms with Crippen molar-refractivity contribution in [3.05, 3.63) is 0 Å². The van der Waals surface area contributed by atoms with E-state index >= 15 is 0 Å². The second-order valence-corrected chi connectivity index (χ2v) is 7.65. The van der Waals surface area contributed by atoms with Crippen LogP contribution in [0.3, 0.4) is 0 Å². The summed E-state index contributed by atoms with van der Waals surface area (Å²) in [6, 6.07) is 0.755. The summed E-state index contributed by atoms with van der Waals surface area (Å²) in [4.78, 5) is 2.75. The van der Waals surface area contributed by atoms with Gasteiger partial charge in [-0.2, -0.15) is 11.8 Å². The lowest BCUT2D eigenvalue weighted by Crippen LogP contribution is -2.62. The molecule has 2 aliphatic heterocycles. The fourth-order valence-corrected chi connectivity index (χ4v) is 4.38. The fraction of sp³-hybridized carbons (Fsp3) is 1.00. The van der Waals surface area contributed by atoms with Crippen LogP contribution < -0.4 is 5.32 Å². The highest BCUT2D eigenvalue weighted by Gasteiger charge is 2.32. The van der Waals surface area contributed by atoms with Crippen LogP contribution in [0.1, 0.15) is 46.5 Å². The zero-order valence-corrected chi connectivity index (χ0v) is 12.5. The maximum atomic E-state index is 3.68. The van der Waals surface area contributed by atoms with Gasteiger partial charge < -0.3 is 5.32 Å². The molecule has 0 saturated carbocycles. The maximum absolute atomic E-state index is 3.68. The predicted octanol–water partition coefficient (Wildman–Crippen LogP) is 2.73. The normalized spacial score (nSPS) is 34.8. The van der Waals surface area contributed by atoms with Gasteiger partial charge in [0.1, 0.15) is 0 Å². The molecule has 2 nitrogen and oxygen atoms in total. The molecule has 0 spiro atoms. The minimum atomic E-state index is 0.297. The summed E-state index contributed by atoms with van der Waals surface area (Å²) < 4.78 is 0. The van der Waals surface area contributed by atoms with Crippen LogP contribution in [0.25, 0.3) is 0 Å². The molecule has 1 N–H and O–H groups in total. The first-order chi connectivity index (χ1) is 8.11. The van der Waals surface area contributed by atoms with Crippen LogP contribution in [0.4, 0.5) is 0 Å². The van der Waals surface area contributed by atoms with Crippen molar-refractivity contribution < 1.29 is 0 Å². The molecule has 0 aromatic rings. The molecule has 2 aliphatic rings. The number of rotatable bonds is 3. The summed E-state index contributed by atoms with van der Waals surface area (Å²) in [6.07, 6.45) is 5.60. The monoisotopic (exact) mass is 256 g/mol. The van der Waals surface area contributed by atoms with Crippen molar-refractivity contribution in [3.63, 3.8) is 0 Å². The Labute approximate surface area is 111 Å². The average Bonchev–Trinajstić information content (AvgIpc) is 2.30. The molecule has 2 rings (SSSR count). The quantitative estimate of drug-likeness (QED) is 0.836. The van der Waals surface area contributed by atoms with Crippen molar-refractivity contribution in [2.24, 2.45) is 0 Å². The molecular weight excluding hydrogens is 228 g/mol. The topological polar surface area (TPSA) is 15.3 Å². The minimum absolute atomic E-state index is 0.297. The Kier molecular flexibility index (Phi) is 4.79. The van der Waals surface area contributed by atoms with Gasteiger partial charge in [0.25, 0.3) is 0 Å². The first-order valence-electron chi connectivity index (χ1n) is 7.21. The molecule has 17 heavy (non-hydrogen) atoms. The van der Waals surface area contributed by atoms with Crippen LogP contribution in [0.5, 0.6) is 0 Å². The Bertz CT molecular complexity index is 236. The Morgan fingerprint density at radius 3 is 2.82 bits per heavy atom. The molecule has 0 amide bonds. The molecule has 2 atom stereocenters. The van der Waals surface area contributed by atoms with E-state index in [-0.39, 0.29) is 0 Å². The maximum Gasteiger partial charge on any atom is 0.0252 e. The largest absolute Gasteiger partial charge is 0.309 e. The van der Waals surface area contributed by atoms with E-state index < -0.39 is 0 Å². The van der Waals surface area contributed by atoms with Crippen molar-refractivity contribution in [1.29, 1.82) is 0 Å². The van der Waals surface area contributed by atoms with Gasteiger partial charge >= 0.3 is 0 Å². The van der Waals surface area contributed by atoms with Crippen molar-refractivity contribution in [2.45, 2.75) is 63.3 Å². The molecular formula is C14H28N2S. The summed E-state index contributed by atoms with van der Waals surface area (Å²) in [7, 11) is 0. The van der Waals surface area contributed by atoms with E-state index in [0.29, 0.717) is 5.54 Å². The highest BCUT2D eigenvalue weighted by Crippen LogP contribution is 2.28. The molecule has 0 aromatic heterocycles. The van der Waals surface area contributed by atoms with Crippen LogP contribution in [0.15, 0.2) is 0 Å². The van der Waals surface area contributed by atoms with Gasteiger partial charge in [-0.3, -0.25) is 4.90 Å². The number of piperazine rings is 1. The highest BCUT2D eigenvalue weighted by atomic mass is 32.2. The van der Waals surface area contributed by atoms with Crippen molar-refractivity contribution in [3.8, 4) is 0 Å². The molecule has 2 fully saturated rings. The number of hydrogen-bond donors (Lipinski definition) is 1. The van der Waals surface area contributed by atoms with E-state index in [4.69, 9.17) is 0 Å². The zero-order valence-electron chi connectivity index (χ0n) is 11.7. The Morgan fingerprint density at radius 1 is 1.35 bits per heavy atom. The van der Waals surface area contributed by atoms with Crippen LogP contribution >= 0.6 is 11.8 Å². The number of thioether (sulfide) groups is 1. The summed E-state index contributed by atoms with van der Waals surface area (Å²) in [5, 5.41) is 4.57. The second kappa shape index (κ2) is 5.94. The molecule has 100 valence electrons. The van der Waals surface area contributed by atoms with Gasteiger partial charge in [0.05, 0.1) is 0 Å². The van der Waals surface area contributed by atoms with Crippen LogP contribution in [-0.2, 0) is 0 Å². The van der Waals surface area contributed by atoms with Crippen LogP contribution in [0.2, 0.25) is 0 Å². The first-order valence-corrected chi connectivity index (χ1v) is 8.26. The highest BCUT2D eigenvalue weighted by molar-refractivity contribution is 7.99.